The molecule has 1 N–H and O–H groups in total. The number of benzene rings is 1. The maximum atomic E-state index is 5.62. The van der Waals surface area contributed by atoms with Crippen molar-refractivity contribution >= 4 is 12.2 Å². The van der Waals surface area contributed by atoms with Crippen molar-refractivity contribution in [3.05, 3.63) is 23.0 Å². The molecule has 0 saturated heterocycles. The zero-order valence-corrected chi connectivity index (χ0v) is 12.6. The molecule has 20 heavy (non-hydrogen) atoms. The minimum absolute atomic E-state index is 0.146. The lowest BCUT2D eigenvalue weighted by atomic mass is 10.1. The SMILES string of the molecule is CC(C)(C)n1c(-c2ccc3c(c2)OCCO3)n[nH]c1=S. The van der Waals surface area contributed by atoms with Crippen LogP contribution in [0.4, 0.5) is 0 Å². The molecule has 1 aliphatic rings. The lowest BCUT2D eigenvalue weighted by Crippen LogP contribution is -2.23. The second kappa shape index (κ2) is 4.63. The Kier molecular flexibility index (Phi) is 3.05. The molecule has 2 aromatic rings. The Labute approximate surface area is 122 Å². The molecule has 0 fully saturated rings. The molecule has 0 atom stereocenters. The molecular formula is C14H17N3O2S. The fraction of sp³-hybridized carbons (Fsp3) is 0.429. The molecule has 106 valence electrons. The number of ether oxygens (including phenoxy) is 2. The summed E-state index contributed by atoms with van der Waals surface area (Å²) < 4.78 is 13.8. The first-order chi connectivity index (χ1) is 9.47. The average Bonchev–Trinajstić information content (AvgIpc) is 2.80. The number of aromatic nitrogens is 3. The van der Waals surface area contributed by atoms with Gasteiger partial charge in [0, 0.05) is 11.1 Å². The molecule has 5 nitrogen and oxygen atoms in total. The normalized spacial score (nSPS) is 14.3. The van der Waals surface area contributed by atoms with Gasteiger partial charge >= 0.3 is 0 Å². The third-order valence-electron chi connectivity index (χ3n) is 3.14. The second-order valence-corrected chi connectivity index (χ2v) is 6.10. The molecule has 0 spiro atoms. The predicted octanol–water partition coefficient (Wildman–Crippen LogP) is 3.13. The monoisotopic (exact) mass is 291 g/mol. The summed E-state index contributed by atoms with van der Waals surface area (Å²) in [6.45, 7) is 7.45. The molecule has 3 rings (SSSR count). The van der Waals surface area contributed by atoms with Crippen LogP contribution in [0.2, 0.25) is 0 Å². The van der Waals surface area contributed by atoms with Gasteiger partial charge in [-0.25, -0.2) is 0 Å². The van der Waals surface area contributed by atoms with Gasteiger partial charge in [0.25, 0.3) is 0 Å². The summed E-state index contributed by atoms with van der Waals surface area (Å²) >= 11 is 5.33. The van der Waals surface area contributed by atoms with E-state index in [9.17, 15) is 0 Å². The molecular weight excluding hydrogens is 274 g/mol. The van der Waals surface area contributed by atoms with Gasteiger partial charge in [-0.1, -0.05) is 0 Å². The number of fused-ring (bicyclic) bond motifs is 1. The first-order valence-electron chi connectivity index (χ1n) is 6.55. The summed E-state index contributed by atoms with van der Waals surface area (Å²) in [4.78, 5) is 0. The first kappa shape index (κ1) is 13.2. The summed E-state index contributed by atoms with van der Waals surface area (Å²) in [5.41, 5.74) is 0.809. The van der Waals surface area contributed by atoms with Crippen LogP contribution in [0.25, 0.3) is 11.4 Å². The van der Waals surface area contributed by atoms with Gasteiger partial charge in [0.15, 0.2) is 22.1 Å². The molecule has 1 aromatic carbocycles. The van der Waals surface area contributed by atoms with Crippen LogP contribution in [-0.2, 0) is 5.54 Å². The zero-order chi connectivity index (χ0) is 14.3. The number of nitrogens with zero attached hydrogens (tertiary/aromatic N) is 2. The average molecular weight is 291 g/mol. The van der Waals surface area contributed by atoms with Crippen LogP contribution in [-0.4, -0.2) is 28.0 Å². The molecule has 1 aliphatic heterocycles. The zero-order valence-electron chi connectivity index (χ0n) is 11.8. The Morgan fingerprint density at radius 1 is 1.20 bits per heavy atom. The molecule has 0 saturated carbocycles. The largest absolute Gasteiger partial charge is 0.486 e. The van der Waals surface area contributed by atoms with E-state index in [1.165, 1.54) is 0 Å². The summed E-state index contributed by atoms with van der Waals surface area (Å²) in [5, 5.41) is 7.22. The Morgan fingerprint density at radius 3 is 2.60 bits per heavy atom. The predicted molar refractivity (Wildman–Crippen MR) is 78.8 cm³/mol. The number of H-pyrrole nitrogens is 1. The lowest BCUT2D eigenvalue weighted by Gasteiger charge is -2.23. The minimum atomic E-state index is -0.146. The van der Waals surface area contributed by atoms with Crippen molar-refractivity contribution in [3.63, 3.8) is 0 Å². The third kappa shape index (κ3) is 2.20. The maximum Gasteiger partial charge on any atom is 0.195 e. The standard InChI is InChI=1S/C14H17N3O2S/c1-14(2,3)17-12(15-16-13(17)20)9-4-5-10-11(8-9)19-7-6-18-10/h4-5,8H,6-7H2,1-3H3,(H,16,20). The van der Waals surface area contributed by atoms with E-state index in [1.54, 1.807) is 0 Å². The highest BCUT2D eigenvalue weighted by atomic mass is 32.1. The van der Waals surface area contributed by atoms with E-state index in [2.05, 4.69) is 31.0 Å². The van der Waals surface area contributed by atoms with Crippen molar-refractivity contribution in [2.75, 3.05) is 13.2 Å². The van der Waals surface area contributed by atoms with Gasteiger partial charge < -0.3 is 9.47 Å². The van der Waals surface area contributed by atoms with E-state index in [1.807, 2.05) is 22.8 Å². The number of aromatic amines is 1. The van der Waals surface area contributed by atoms with Gasteiger partial charge in [0.2, 0.25) is 0 Å². The van der Waals surface area contributed by atoms with E-state index in [4.69, 9.17) is 21.7 Å². The number of hydrogen-bond donors (Lipinski definition) is 1. The Hall–Kier alpha value is -1.82. The van der Waals surface area contributed by atoms with Crippen molar-refractivity contribution in [1.82, 2.24) is 14.8 Å². The van der Waals surface area contributed by atoms with Gasteiger partial charge in [0.1, 0.15) is 13.2 Å². The molecule has 0 bridgehead atoms. The van der Waals surface area contributed by atoms with E-state index < -0.39 is 0 Å². The summed E-state index contributed by atoms with van der Waals surface area (Å²) in [6, 6.07) is 5.83. The second-order valence-electron chi connectivity index (χ2n) is 5.72. The Bertz CT molecular complexity index is 697. The first-order valence-corrected chi connectivity index (χ1v) is 6.95. The third-order valence-corrected chi connectivity index (χ3v) is 3.42. The number of hydrogen-bond acceptors (Lipinski definition) is 4. The molecule has 6 heteroatoms. The van der Waals surface area contributed by atoms with E-state index in [-0.39, 0.29) is 5.54 Å². The molecule has 0 aliphatic carbocycles. The fourth-order valence-electron chi connectivity index (χ4n) is 2.30. The Balaban J connectivity index is 2.13. The van der Waals surface area contributed by atoms with E-state index in [0.717, 1.165) is 22.9 Å². The van der Waals surface area contributed by atoms with Crippen molar-refractivity contribution < 1.29 is 9.47 Å². The van der Waals surface area contributed by atoms with Crippen LogP contribution in [0.5, 0.6) is 11.5 Å². The van der Waals surface area contributed by atoms with E-state index in [0.29, 0.717) is 18.0 Å². The van der Waals surface area contributed by atoms with Crippen LogP contribution in [0.1, 0.15) is 20.8 Å². The Morgan fingerprint density at radius 2 is 1.90 bits per heavy atom. The van der Waals surface area contributed by atoms with Gasteiger partial charge in [-0.15, -0.1) is 0 Å². The van der Waals surface area contributed by atoms with Crippen molar-refractivity contribution in [2.24, 2.45) is 0 Å². The number of nitrogens with one attached hydrogen (secondary N) is 1. The summed E-state index contributed by atoms with van der Waals surface area (Å²) in [6.07, 6.45) is 0. The van der Waals surface area contributed by atoms with Gasteiger partial charge in [-0.05, 0) is 51.2 Å². The molecule has 2 heterocycles. The summed E-state index contributed by atoms with van der Waals surface area (Å²) in [7, 11) is 0. The van der Waals surface area contributed by atoms with Crippen molar-refractivity contribution in [2.45, 2.75) is 26.3 Å². The van der Waals surface area contributed by atoms with E-state index >= 15 is 0 Å². The van der Waals surface area contributed by atoms with Crippen LogP contribution in [0, 0.1) is 4.77 Å². The van der Waals surface area contributed by atoms with Gasteiger partial charge in [-0.2, -0.15) is 5.10 Å². The van der Waals surface area contributed by atoms with Gasteiger partial charge in [-0.3, -0.25) is 9.67 Å². The molecule has 0 amide bonds. The molecule has 0 radical (unpaired) electrons. The maximum absolute atomic E-state index is 5.62. The van der Waals surface area contributed by atoms with Crippen LogP contribution < -0.4 is 9.47 Å². The minimum Gasteiger partial charge on any atom is -0.486 e. The van der Waals surface area contributed by atoms with Crippen molar-refractivity contribution in [3.8, 4) is 22.9 Å². The van der Waals surface area contributed by atoms with Crippen LogP contribution >= 0.6 is 12.2 Å². The number of rotatable bonds is 1. The molecule has 0 unspecified atom stereocenters. The van der Waals surface area contributed by atoms with Gasteiger partial charge in [0.05, 0.1) is 0 Å². The van der Waals surface area contributed by atoms with Crippen molar-refractivity contribution in [1.29, 1.82) is 0 Å². The summed E-state index contributed by atoms with van der Waals surface area (Å²) in [5.74, 6) is 2.33. The smallest absolute Gasteiger partial charge is 0.195 e. The molecule has 1 aromatic heterocycles. The van der Waals surface area contributed by atoms with Crippen LogP contribution in [0.15, 0.2) is 18.2 Å². The highest BCUT2D eigenvalue weighted by molar-refractivity contribution is 7.71. The quantitative estimate of drug-likeness (QED) is 0.820. The lowest BCUT2D eigenvalue weighted by molar-refractivity contribution is 0.171. The topological polar surface area (TPSA) is 52.1 Å². The fourth-order valence-corrected chi connectivity index (χ4v) is 2.70. The van der Waals surface area contributed by atoms with Crippen LogP contribution in [0.3, 0.4) is 0 Å². The highest BCUT2D eigenvalue weighted by Crippen LogP contribution is 2.35. The highest BCUT2D eigenvalue weighted by Gasteiger charge is 2.22.